The van der Waals surface area contributed by atoms with Crippen LogP contribution >= 0.6 is 0 Å². The molecule has 1 aromatic carbocycles. The van der Waals surface area contributed by atoms with Crippen molar-refractivity contribution in [2.75, 3.05) is 19.0 Å². The Labute approximate surface area is 105 Å². The average Bonchev–Trinajstić information content (AvgIpc) is 2.77. The van der Waals surface area contributed by atoms with Crippen molar-refractivity contribution in [2.24, 2.45) is 0 Å². The van der Waals surface area contributed by atoms with E-state index < -0.39 is 0 Å². The van der Waals surface area contributed by atoms with Crippen LogP contribution in [0.1, 0.15) is 13.0 Å². The Hall–Kier alpha value is -1.88. The summed E-state index contributed by atoms with van der Waals surface area (Å²) in [4.78, 5) is 4.22. The Morgan fingerprint density at radius 2 is 2.33 bits per heavy atom. The van der Waals surface area contributed by atoms with Crippen molar-refractivity contribution in [2.45, 2.75) is 13.0 Å². The number of halogens is 1. The fourth-order valence-corrected chi connectivity index (χ4v) is 1.78. The second-order valence-corrected chi connectivity index (χ2v) is 4.10. The minimum Gasteiger partial charge on any atom is -0.383 e. The van der Waals surface area contributed by atoms with Gasteiger partial charge in [0.05, 0.1) is 12.6 Å². The molecule has 0 radical (unpaired) electrons. The Kier molecular flexibility index (Phi) is 3.94. The first-order valence-corrected chi connectivity index (χ1v) is 5.75. The lowest BCUT2D eigenvalue weighted by Gasteiger charge is -2.16. The predicted molar refractivity (Wildman–Crippen MR) is 68.5 cm³/mol. The molecule has 4 nitrogen and oxygen atoms in total. The largest absolute Gasteiger partial charge is 0.383 e. The zero-order chi connectivity index (χ0) is 13.0. The van der Waals surface area contributed by atoms with Gasteiger partial charge in [-0.2, -0.15) is 0 Å². The van der Waals surface area contributed by atoms with Crippen LogP contribution in [-0.2, 0) is 4.74 Å². The van der Waals surface area contributed by atoms with Gasteiger partial charge in [-0.05, 0) is 25.1 Å². The normalized spacial score (nSPS) is 12.4. The van der Waals surface area contributed by atoms with Crippen LogP contribution < -0.4 is 5.32 Å². The lowest BCUT2D eigenvalue weighted by Crippen LogP contribution is -2.12. The number of methoxy groups -OCH3 is 1. The van der Waals surface area contributed by atoms with Crippen LogP contribution in [0.5, 0.6) is 0 Å². The maximum absolute atomic E-state index is 13.1. The van der Waals surface area contributed by atoms with Crippen LogP contribution in [0.4, 0.5) is 16.0 Å². The van der Waals surface area contributed by atoms with Gasteiger partial charge in [0, 0.05) is 25.2 Å². The number of benzene rings is 1. The van der Waals surface area contributed by atoms with E-state index in [0.29, 0.717) is 18.2 Å². The molecular weight excluding hydrogens is 233 g/mol. The molecule has 0 amide bonds. The van der Waals surface area contributed by atoms with Crippen molar-refractivity contribution >= 4 is 11.6 Å². The highest BCUT2D eigenvalue weighted by Crippen LogP contribution is 2.19. The van der Waals surface area contributed by atoms with Gasteiger partial charge in [0.2, 0.25) is 5.95 Å². The van der Waals surface area contributed by atoms with Crippen LogP contribution in [0.15, 0.2) is 36.7 Å². The number of anilines is 2. The van der Waals surface area contributed by atoms with Gasteiger partial charge in [0.25, 0.3) is 0 Å². The van der Waals surface area contributed by atoms with E-state index in [2.05, 4.69) is 10.3 Å². The van der Waals surface area contributed by atoms with Gasteiger partial charge >= 0.3 is 0 Å². The molecule has 0 spiro atoms. The molecule has 5 heteroatoms. The van der Waals surface area contributed by atoms with Crippen molar-refractivity contribution in [3.8, 4) is 0 Å². The summed E-state index contributed by atoms with van der Waals surface area (Å²) in [5.74, 6) is 0.396. The van der Waals surface area contributed by atoms with Crippen molar-refractivity contribution in [3.05, 3.63) is 42.5 Å². The smallest absolute Gasteiger partial charge is 0.207 e. The van der Waals surface area contributed by atoms with Gasteiger partial charge in [-0.1, -0.05) is 6.07 Å². The van der Waals surface area contributed by atoms with Gasteiger partial charge < -0.3 is 14.6 Å². The summed E-state index contributed by atoms with van der Waals surface area (Å²) in [6.07, 6.45) is 3.57. The molecule has 1 atom stereocenters. The second-order valence-electron chi connectivity index (χ2n) is 4.10. The third kappa shape index (κ3) is 2.87. The summed E-state index contributed by atoms with van der Waals surface area (Å²) in [6, 6.07) is 6.45. The van der Waals surface area contributed by atoms with E-state index in [-0.39, 0.29) is 11.9 Å². The third-order valence-electron chi connectivity index (χ3n) is 2.63. The van der Waals surface area contributed by atoms with Crippen LogP contribution in [-0.4, -0.2) is 23.3 Å². The van der Waals surface area contributed by atoms with Gasteiger partial charge in [0.15, 0.2) is 0 Å². The molecule has 2 rings (SSSR count). The quantitative estimate of drug-likeness (QED) is 0.885. The maximum atomic E-state index is 13.1. The molecular formula is C13H16FN3O. The minimum absolute atomic E-state index is 0.161. The average molecular weight is 249 g/mol. The van der Waals surface area contributed by atoms with Crippen molar-refractivity contribution in [1.82, 2.24) is 9.55 Å². The highest BCUT2D eigenvalue weighted by molar-refractivity contribution is 5.53. The summed E-state index contributed by atoms with van der Waals surface area (Å²) in [6.45, 7) is 2.62. The summed E-state index contributed by atoms with van der Waals surface area (Å²) in [5.41, 5.74) is 0.673. The van der Waals surface area contributed by atoms with E-state index in [1.165, 1.54) is 12.1 Å². The molecule has 1 aromatic heterocycles. The van der Waals surface area contributed by atoms with E-state index in [1.807, 2.05) is 17.7 Å². The predicted octanol–water partition coefficient (Wildman–Crippen LogP) is 2.97. The number of hydrogen-bond acceptors (Lipinski definition) is 3. The van der Waals surface area contributed by atoms with Crippen LogP contribution in [0.3, 0.4) is 0 Å². The Morgan fingerprint density at radius 1 is 1.50 bits per heavy atom. The zero-order valence-electron chi connectivity index (χ0n) is 10.4. The van der Waals surface area contributed by atoms with Gasteiger partial charge in [0.1, 0.15) is 5.82 Å². The van der Waals surface area contributed by atoms with Gasteiger partial charge in [-0.3, -0.25) is 0 Å². The number of imidazole rings is 1. The monoisotopic (exact) mass is 249 g/mol. The fourth-order valence-electron chi connectivity index (χ4n) is 1.78. The number of nitrogens with one attached hydrogen (secondary N) is 1. The molecule has 18 heavy (non-hydrogen) atoms. The molecule has 0 aliphatic carbocycles. The van der Waals surface area contributed by atoms with Crippen molar-refractivity contribution in [1.29, 1.82) is 0 Å². The summed E-state index contributed by atoms with van der Waals surface area (Å²) < 4.78 is 20.2. The van der Waals surface area contributed by atoms with Gasteiger partial charge in [-0.25, -0.2) is 9.37 Å². The number of aromatic nitrogens is 2. The SMILES string of the molecule is COCC(C)n1ccnc1Nc1cccc(F)c1. The molecule has 0 saturated carbocycles. The first-order chi connectivity index (χ1) is 8.70. The lowest BCUT2D eigenvalue weighted by molar-refractivity contribution is 0.163. The molecule has 0 saturated heterocycles. The molecule has 2 aromatic rings. The van der Waals surface area contributed by atoms with E-state index in [4.69, 9.17) is 4.74 Å². The highest BCUT2D eigenvalue weighted by Gasteiger charge is 2.09. The summed E-state index contributed by atoms with van der Waals surface area (Å²) >= 11 is 0. The molecule has 1 N–H and O–H groups in total. The van der Waals surface area contributed by atoms with E-state index in [9.17, 15) is 4.39 Å². The summed E-state index contributed by atoms with van der Waals surface area (Å²) in [5, 5.41) is 3.09. The first kappa shape index (κ1) is 12.6. The van der Waals surface area contributed by atoms with Crippen LogP contribution in [0, 0.1) is 5.82 Å². The lowest BCUT2D eigenvalue weighted by atomic mass is 10.3. The number of nitrogens with zero attached hydrogens (tertiary/aromatic N) is 2. The van der Waals surface area contributed by atoms with Crippen molar-refractivity contribution < 1.29 is 9.13 Å². The molecule has 0 fully saturated rings. The zero-order valence-corrected chi connectivity index (χ0v) is 10.4. The third-order valence-corrected chi connectivity index (χ3v) is 2.63. The Balaban J connectivity index is 2.17. The molecule has 0 aliphatic heterocycles. The second kappa shape index (κ2) is 5.64. The molecule has 96 valence electrons. The van der Waals surface area contributed by atoms with Gasteiger partial charge in [-0.15, -0.1) is 0 Å². The standard InChI is InChI=1S/C13H16FN3O/c1-10(9-18-2)17-7-6-15-13(17)16-12-5-3-4-11(14)8-12/h3-8,10H,9H2,1-2H3,(H,15,16). The molecule has 0 bridgehead atoms. The van der Waals surface area contributed by atoms with Crippen LogP contribution in [0.25, 0.3) is 0 Å². The first-order valence-electron chi connectivity index (χ1n) is 5.75. The fraction of sp³-hybridized carbons (Fsp3) is 0.308. The van der Waals surface area contributed by atoms with Crippen molar-refractivity contribution in [3.63, 3.8) is 0 Å². The van der Waals surface area contributed by atoms with E-state index in [1.54, 1.807) is 25.4 Å². The van der Waals surface area contributed by atoms with E-state index >= 15 is 0 Å². The minimum atomic E-state index is -0.275. The number of hydrogen-bond donors (Lipinski definition) is 1. The number of ether oxygens (including phenoxy) is 1. The highest BCUT2D eigenvalue weighted by atomic mass is 19.1. The number of rotatable bonds is 5. The Bertz CT molecular complexity index is 512. The summed E-state index contributed by atoms with van der Waals surface area (Å²) in [7, 11) is 1.66. The molecule has 0 aliphatic rings. The molecule has 1 heterocycles. The van der Waals surface area contributed by atoms with E-state index in [0.717, 1.165) is 0 Å². The Morgan fingerprint density at radius 3 is 3.06 bits per heavy atom. The molecule has 1 unspecified atom stereocenters. The topological polar surface area (TPSA) is 39.1 Å². The maximum Gasteiger partial charge on any atom is 0.207 e. The van der Waals surface area contributed by atoms with Crippen LogP contribution in [0.2, 0.25) is 0 Å².